The lowest BCUT2D eigenvalue weighted by molar-refractivity contribution is -0.0146. The number of aromatic nitrogens is 2. The third kappa shape index (κ3) is 5.62. The number of aliphatic hydroxyl groups excluding tert-OH is 1. The van der Waals surface area contributed by atoms with Gasteiger partial charge in [-0.2, -0.15) is 4.31 Å². The fraction of sp³-hybridized carbons (Fsp3) is 0.407. The van der Waals surface area contributed by atoms with Crippen molar-refractivity contribution >= 4 is 15.9 Å². The Hall–Kier alpha value is -3.05. The van der Waals surface area contributed by atoms with Crippen LogP contribution < -0.4 is 0 Å². The molecule has 3 aromatic rings. The number of amides is 1. The monoisotopic (exact) mass is 526 g/mol. The molecule has 37 heavy (non-hydrogen) atoms. The first kappa shape index (κ1) is 27.0. The number of hydrogen-bond donors (Lipinski definition) is 1. The molecule has 1 aliphatic rings. The largest absolute Gasteiger partial charge is 0.394 e. The number of carbonyl (C=O) groups excluding carboxylic acids is 1. The highest BCUT2D eigenvalue weighted by atomic mass is 32.2. The fourth-order valence-electron chi connectivity index (χ4n) is 4.58. The minimum absolute atomic E-state index is 0.0340. The lowest BCUT2D eigenvalue weighted by atomic mass is 9.94. The Bertz CT molecular complexity index is 1360. The summed E-state index contributed by atoms with van der Waals surface area (Å²) >= 11 is 0. The maximum atomic E-state index is 13.9. The second kappa shape index (κ2) is 11.1. The van der Waals surface area contributed by atoms with Crippen molar-refractivity contribution in [3.8, 4) is 11.1 Å². The smallest absolute Gasteiger partial charge is 0.261 e. The molecule has 198 valence electrons. The molecule has 9 nitrogen and oxygen atoms in total. The van der Waals surface area contributed by atoms with Gasteiger partial charge in [0.15, 0.2) is 5.03 Å². The van der Waals surface area contributed by atoms with Gasteiger partial charge in [0.05, 0.1) is 31.7 Å². The molecule has 1 aliphatic heterocycles. The zero-order chi connectivity index (χ0) is 26.7. The van der Waals surface area contributed by atoms with Crippen LogP contribution in [0.5, 0.6) is 0 Å². The third-order valence-electron chi connectivity index (χ3n) is 6.89. The van der Waals surface area contributed by atoms with Crippen LogP contribution in [0.4, 0.5) is 0 Å². The number of fused-ring (bicyclic) bond motifs is 3. The summed E-state index contributed by atoms with van der Waals surface area (Å²) in [5, 5.41) is 9.93. The molecule has 3 atom stereocenters. The van der Waals surface area contributed by atoms with Crippen LogP contribution in [0.2, 0.25) is 0 Å². The number of likely N-dealkylation sites (N-methyl/N-ethyl adjacent to an activating group) is 1. The van der Waals surface area contributed by atoms with Gasteiger partial charge >= 0.3 is 0 Å². The predicted octanol–water partition coefficient (Wildman–Crippen LogP) is 2.77. The summed E-state index contributed by atoms with van der Waals surface area (Å²) in [6.45, 7) is 4.15. The summed E-state index contributed by atoms with van der Waals surface area (Å²) in [6.07, 6.45) is 2.38. The Morgan fingerprint density at radius 2 is 1.78 bits per heavy atom. The van der Waals surface area contributed by atoms with Crippen LogP contribution in [-0.2, 0) is 28.4 Å². The van der Waals surface area contributed by atoms with E-state index in [4.69, 9.17) is 4.74 Å². The summed E-state index contributed by atoms with van der Waals surface area (Å²) < 4.78 is 35.6. The van der Waals surface area contributed by atoms with E-state index in [1.54, 1.807) is 29.5 Å². The Kier molecular flexibility index (Phi) is 8.13. The number of aryl methyl sites for hydroxylation is 1. The van der Waals surface area contributed by atoms with Crippen molar-refractivity contribution < 1.29 is 23.1 Å². The van der Waals surface area contributed by atoms with Crippen LogP contribution >= 0.6 is 0 Å². The molecular formula is C27H34N4O5S. The third-order valence-corrected chi connectivity index (χ3v) is 8.60. The van der Waals surface area contributed by atoms with Gasteiger partial charge in [0.1, 0.15) is 0 Å². The highest BCUT2D eigenvalue weighted by Gasteiger charge is 2.33. The number of ether oxygens (including phenoxy) is 1. The van der Waals surface area contributed by atoms with E-state index in [1.165, 1.54) is 23.9 Å². The summed E-state index contributed by atoms with van der Waals surface area (Å²) in [7, 11) is -0.613. The number of sulfonamides is 1. The average Bonchev–Trinajstić information content (AvgIpc) is 3.35. The van der Waals surface area contributed by atoms with E-state index in [0.717, 1.165) is 16.7 Å². The van der Waals surface area contributed by atoms with Crippen molar-refractivity contribution in [2.45, 2.75) is 37.6 Å². The molecule has 1 aromatic heterocycles. The molecule has 10 heteroatoms. The molecule has 0 saturated carbocycles. The Morgan fingerprint density at radius 3 is 2.43 bits per heavy atom. The maximum absolute atomic E-state index is 13.9. The first-order chi connectivity index (χ1) is 17.6. The van der Waals surface area contributed by atoms with Gasteiger partial charge in [0.25, 0.3) is 15.9 Å². The zero-order valence-corrected chi connectivity index (χ0v) is 22.4. The molecule has 2 heterocycles. The molecule has 0 bridgehead atoms. The molecule has 0 spiro atoms. The van der Waals surface area contributed by atoms with E-state index >= 15 is 0 Å². The van der Waals surface area contributed by atoms with Gasteiger partial charge in [-0.25, -0.2) is 13.4 Å². The summed E-state index contributed by atoms with van der Waals surface area (Å²) in [4.78, 5) is 19.5. The van der Waals surface area contributed by atoms with Gasteiger partial charge in [-0.05, 0) is 29.7 Å². The van der Waals surface area contributed by atoms with Crippen molar-refractivity contribution in [3.63, 3.8) is 0 Å². The van der Waals surface area contributed by atoms with Gasteiger partial charge in [0.2, 0.25) is 0 Å². The average molecular weight is 527 g/mol. The number of rotatable bonds is 6. The molecule has 0 unspecified atom stereocenters. The van der Waals surface area contributed by atoms with Gasteiger partial charge in [-0.15, -0.1) is 0 Å². The number of benzene rings is 2. The highest BCUT2D eigenvalue weighted by molar-refractivity contribution is 7.89. The minimum atomic E-state index is -3.83. The molecule has 0 aliphatic carbocycles. The van der Waals surface area contributed by atoms with E-state index in [9.17, 15) is 18.3 Å². The maximum Gasteiger partial charge on any atom is 0.261 e. The number of aliphatic hydroxyl groups is 1. The van der Waals surface area contributed by atoms with E-state index in [1.807, 2.05) is 49.4 Å². The van der Waals surface area contributed by atoms with Crippen LogP contribution in [0.25, 0.3) is 11.1 Å². The molecule has 0 fully saturated rings. The van der Waals surface area contributed by atoms with E-state index in [0.29, 0.717) is 5.56 Å². The van der Waals surface area contributed by atoms with Gasteiger partial charge < -0.3 is 19.3 Å². The van der Waals surface area contributed by atoms with Crippen molar-refractivity contribution in [2.75, 3.05) is 26.7 Å². The van der Waals surface area contributed by atoms with Crippen LogP contribution in [0.3, 0.4) is 0 Å². The molecule has 0 radical (unpaired) electrons. The SMILES string of the molecule is C[C@@H]1CN([C@@H](C)CO)C(=O)c2ccccc2-c2ccccc2CO[C@H]1CN(C)S(=O)(=O)c1cn(C)cn1. The van der Waals surface area contributed by atoms with Crippen molar-refractivity contribution in [1.29, 1.82) is 0 Å². The second-order valence-electron chi connectivity index (χ2n) is 9.68. The standard InChI is InChI=1S/C27H34N4O5S/c1-19-13-31(20(2)16-32)27(33)24-12-8-7-11-23(24)22-10-6-5-9-21(22)17-36-25(19)14-30(4)37(34,35)26-15-29(3)18-28-26/h5-12,15,18-20,25,32H,13-14,16-17H2,1-4H3/t19-,20+,25+/m1/s1. The van der Waals surface area contributed by atoms with Crippen LogP contribution in [0.1, 0.15) is 29.8 Å². The zero-order valence-electron chi connectivity index (χ0n) is 21.6. The number of imidazole rings is 1. The van der Waals surface area contributed by atoms with E-state index in [2.05, 4.69) is 4.98 Å². The topological polar surface area (TPSA) is 105 Å². The predicted molar refractivity (Wildman–Crippen MR) is 140 cm³/mol. The fourth-order valence-corrected chi connectivity index (χ4v) is 5.73. The van der Waals surface area contributed by atoms with Crippen molar-refractivity contribution in [1.82, 2.24) is 18.8 Å². The first-order valence-electron chi connectivity index (χ1n) is 12.3. The van der Waals surface area contributed by atoms with Crippen molar-refractivity contribution in [2.24, 2.45) is 13.0 Å². The van der Waals surface area contributed by atoms with Crippen LogP contribution in [0.15, 0.2) is 66.1 Å². The molecule has 2 aromatic carbocycles. The van der Waals surface area contributed by atoms with E-state index in [-0.39, 0.29) is 43.2 Å². The molecule has 1 N–H and O–H groups in total. The minimum Gasteiger partial charge on any atom is -0.394 e. The Labute approximate surface area is 218 Å². The van der Waals surface area contributed by atoms with E-state index < -0.39 is 22.2 Å². The lowest BCUT2D eigenvalue weighted by Crippen LogP contribution is -2.47. The summed E-state index contributed by atoms with van der Waals surface area (Å²) in [6, 6.07) is 14.8. The van der Waals surface area contributed by atoms with Gasteiger partial charge in [-0.3, -0.25) is 4.79 Å². The number of hydrogen-bond acceptors (Lipinski definition) is 6. The molecular weight excluding hydrogens is 492 g/mol. The molecule has 4 rings (SSSR count). The first-order valence-corrected chi connectivity index (χ1v) is 13.7. The summed E-state index contributed by atoms with van der Waals surface area (Å²) in [5.74, 6) is -0.425. The number of nitrogens with zero attached hydrogens (tertiary/aromatic N) is 4. The van der Waals surface area contributed by atoms with Gasteiger partial charge in [0, 0.05) is 44.9 Å². The Balaban J connectivity index is 1.73. The molecule has 0 saturated heterocycles. The van der Waals surface area contributed by atoms with Crippen LogP contribution in [0, 0.1) is 5.92 Å². The summed E-state index contributed by atoms with van der Waals surface area (Å²) in [5.41, 5.74) is 3.13. The normalized spacial score (nSPS) is 19.7. The van der Waals surface area contributed by atoms with Gasteiger partial charge in [-0.1, -0.05) is 49.4 Å². The quantitative estimate of drug-likeness (QED) is 0.530. The van der Waals surface area contributed by atoms with Crippen LogP contribution in [-0.4, -0.2) is 77.1 Å². The second-order valence-corrected chi connectivity index (χ2v) is 11.7. The number of carbonyl (C=O) groups is 1. The molecule has 1 amide bonds. The lowest BCUT2D eigenvalue weighted by Gasteiger charge is -2.34. The van der Waals surface area contributed by atoms with Crippen molar-refractivity contribution in [3.05, 3.63) is 72.2 Å². The Morgan fingerprint density at radius 1 is 1.14 bits per heavy atom. The highest BCUT2D eigenvalue weighted by Crippen LogP contribution is 2.31.